The number of thiazole rings is 1. The maximum Gasteiger partial charge on any atom is 0.206 e. The summed E-state index contributed by atoms with van der Waals surface area (Å²) in [6.45, 7) is 3.84. The standard InChI is InChI=1S/C26H30FN5O2S/c27-18-5-3-17(4-6-18)23(34)24-25(28)31-26(35-24)30-19-7-9-20(10-8-19)32(15-1-2-22(33)16-32)21-11-13-29-14-12-21/h3-10,21-22,29,33H,1-2,11-16H2,(H2-,28,30,31,34)/p+1. The van der Waals surface area contributed by atoms with Crippen LogP contribution in [0.2, 0.25) is 0 Å². The molecule has 1 aromatic heterocycles. The van der Waals surface area contributed by atoms with Crippen LogP contribution in [0, 0.1) is 5.82 Å². The zero-order chi connectivity index (χ0) is 24.4. The van der Waals surface area contributed by atoms with Gasteiger partial charge in [0.25, 0.3) is 0 Å². The molecular formula is C26H31FN5O2S+. The summed E-state index contributed by atoms with van der Waals surface area (Å²) in [5.41, 5.74) is 8.48. The lowest BCUT2D eigenvalue weighted by Crippen LogP contribution is -2.64. The molecule has 0 saturated carbocycles. The average molecular weight is 497 g/mol. The second-order valence-corrected chi connectivity index (χ2v) is 10.5. The fourth-order valence-electron chi connectivity index (χ4n) is 5.49. The van der Waals surface area contributed by atoms with Gasteiger partial charge in [0.2, 0.25) is 5.78 Å². The van der Waals surface area contributed by atoms with Crippen molar-refractivity contribution < 1.29 is 14.3 Å². The van der Waals surface area contributed by atoms with Crippen molar-refractivity contribution in [2.24, 2.45) is 0 Å². The van der Waals surface area contributed by atoms with Gasteiger partial charge < -0.3 is 21.5 Å². The zero-order valence-electron chi connectivity index (χ0n) is 19.5. The Morgan fingerprint density at radius 2 is 1.83 bits per heavy atom. The number of rotatable bonds is 6. The summed E-state index contributed by atoms with van der Waals surface area (Å²) in [6.07, 6.45) is 3.84. The predicted octanol–water partition coefficient (Wildman–Crippen LogP) is 4.05. The third-order valence-electron chi connectivity index (χ3n) is 7.24. The van der Waals surface area contributed by atoms with E-state index in [0.717, 1.165) is 62.0 Å². The number of carbonyl (C=O) groups is 1. The Balaban J connectivity index is 1.35. The Kier molecular flexibility index (Phi) is 6.84. The van der Waals surface area contributed by atoms with Crippen molar-refractivity contribution in [1.82, 2.24) is 14.8 Å². The molecule has 9 heteroatoms. The van der Waals surface area contributed by atoms with Crippen LogP contribution in [-0.4, -0.2) is 54.2 Å². The number of likely N-dealkylation sites (tertiary alicyclic amines) is 1. The molecule has 184 valence electrons. The molecule has 2 aliphatic heterocycles. The minimum atomic E-state index is -0.395. The molecule has 2 atom stereocenters. The van der Waals surface area contributed by atoms with Gasteiger partial charge in [-0.3, -0.25) is 9.28 Å². The summed E-state index contributed by atoms with van der Waals surface area (Å²) in [7, 11) is 0. The van der Waals surface area contributed by atoms with Crippen LogP contribution in [0.5, 0.6) is 0 Å². The van der Waals surface area contributed by atoms with Crippen molar-refractivity contribution in [3.63, 3.8) is 0 Å². The summed E-state index contributed by atoms with van der Waals surface area (Å²) in [5, 5.41) is 17.8. The van der Waals surface area contributed by atoms with Crippen molar-refractivity contribution in [3.05, 3.63) is 64.8 Å². The first kappa shape index (κ1) is 23.9. The fourth-order valence-corrected chi connectivity index (χ4v) is 6.36. The van der Waals surface area contributed by atoms with E-state index < -0.39 is 5.82 Å². The lowest BCUT2D eigenvalue weighted by molar-refractivity contribution is 0.0418. The number of benzene rings is 2. The van der Waals surface area contributed by atoms with Crippen LogP contribution in [0.4, 0.5) is 26.7 Å². The van der Waals surface area contributed by atoms with E-state index in [1.54, 1.807) is 0 Å². The van der Waals surface area contributed by atoms with Crippen molar-refractivity contribution in [3.8, 4) is 0 Å². The van der Waals surface area contributed by atoms with Crippen molar-refractivity contribution in [1.29, 1.82) is 0 Å². The fraction of sp³-hybridized carbons (Fsp3) is 0.385. The SMILES string of the molecule is Nc1nc(Nc2ccc([N+]3(C4CCNCC4)CCCC(O)C3)cc2)sc1C(=O)c1ccc(F)cc1. The van der Waals surface area contributed by atoms with Gasteiger partial charge in [0.1, 0.15) is 34.8 Å². The van der Waals surface area contributed by atoms with Gasteiger partial charge in [0.05, 0.1) is 12.6 Å². The highest BCUT2D eigenvalue weighted by molar-refractivity contribution is 7.18. The van der Waals surface area contributed by atoms with Gasteiger partial charge in [-0.15, -0.1) is 0 Å². The van der Waals surface area contributed by atoms with E-state index in [4.69, 9.17) is 5.73 Å². The first-order valence-corrected chi connectivity index (χ1v) is 13.0. The van der Waals surface area contributed by atoms with E-state index in [9.17, 15) is 14.3 Å². The quantitative estimate of drug-likeness (QED) is 0.304. The predicted molar refractivity (Wildman–Crippen MR) is 139 cm³/mol. The molecule has 0 amide bonds. The number of hydrogen-bond acceptors (Lipinski definition) is 7. The van der Waals surface area contributed by atoms with Gasteiger partial charge in [-0.25, -0.2) is 9.37 Å². The number of ketones is 1. The number of aromatic nitrogens is 1. The maximum atomic E-state index is 13.2. The summed E-state index contributed by atoms with van der Waals surface area (Å²) >= 11 is 1.18. The summed E-state index contributed by atoms with van der Waals surface area (Å²) in [5.74, 6) is -0.519. The number of nitrogens with two attached hydrogens (primary N) is 1. The van der Waals surface area contributed by atoms with Gasteiger partial charge in [-0.2, -0.15) is 0 Å². The Bertz CT molecular complexity index is 1180. The molecule has 3 heterocycles. The summed E-state index contributed by atoms with van der Waals surface area (Å²) < 4.78 is 14.0. The van der Waals surface area contributed by atoms with Gasteiger partial charge in [-0.1, -0.05) is 11.3 Å². The molecule has 35 heavy (non-hydrogen) atoms. The number of anilines is 3. The zero-order valence-corrected chi connectivity index (χ0v) is 20.4. The number of nitrogen functional groups attached to an aromatic ring is 1. The lowest BCUT2D eigenvalue weighted by Gasteiger charge is -2.49. The summed E-state index contributed by atoms with van der Waals surface area (Å²) in [6, 6.07) is 14.2. The molecule has 7 nitrogen and oxygen atoms in total. The molecule has 2 saturated heterocycles. The van der Waals surface area contributed by atoms with Crippen molar-refractivity contribution in [2.75, 3.05) is 37.2 Å². The topological polar surface area (TPSA) is 100 Å². The third kappa shape index (κ3) is 4.95. The summed E-state index contributed by atoms with van der Waals surface area (Å²) in [4.78, 5) is 17.4. The molecule has 0 radical (unpaired) electrons. The number of halogens is 1. The largest absolute Gasteiger partial charge is 0.387 e. The van der Waals surface area contributed by atoms with Crippen LogP contribution in [0.15, 0.2) is 48.5 Å². The average Bonchev–Trinajstić information content (AvgIpc) is 3.24. The number of aliphatic hydroxyl groups excluding tert-OH is 1. The number of aliphatic hydroxyl groups is 1. The molecule has 2 unspecified atom stereocenters. The van der Waals surface area contributed by atoms with Crippen molar-refractivity contribution in [2.45, 2.75) is 37.8 Å². The highest BCUT2D eigenvalue weighted by Gasteiger charge is 2.43. The minimum Gasteiger partial charge on any atom is -0.387 e. The molecule has 2 aliphatic rings. The van der Waals surface area contributed by atoms with E-state index in [1.165, 1.54) is 41.3 Å². The minimum absolute atomic E-state index is 0.154. The number of carbonyl (C=O) groups excluding carboxylic acids is 1. The third-order valence-corrected chi connectivity index (χ3v) is 8.22. The van der Waals surface area contributed by atoms with Gasteiger partial charge in [0.15, 0.2) is 5.13 Å². The van der Waals surface area contributed by atoms with Gasteiger partial charge in [0, 0.05) is 49.3 Å². The first-order chi connectivity index (χ1) is 16.9. The van der Waals surface area contributed by atoms with Crippen LogP contribution in [0.25, 0.3) is 0 Å². The van der Waals surface area contributed by atoms with Crippen LogP contribution in [0.3, 0.4) is 0 Å². The van der Waals surface area contributed by atoms with E-state index in [0.29, 0.717) is 21.6 Å². The molecule has 0 spiro atoms. The Morgan fingerprint density at radius 1 is 1.11 bits per heavy atom. The van der Waals surface area contributed by atoms with E-state index in [-0.39, 0.29) is 17.7 Å². The maximum absolute atomic E-state index is 13.2. The van der Waals surface area contributed by atoms with Gasteiger partial charge in [-0.05, 0) is 49.2 Å². The van der Waals surface area contributed by atoms with Crippen LogP contribution in [-0.2, 0) is 0 Å². The molecule has 2 aromatic carbocycles. The second kappa shape index (κ2) is 10.0. The monoisotopic (exact) mass is 496 g/mol. The molecule has 5 N–H and O–H groups in total. The lowest BCUT2D eigenvalue weighted by atomic mass is 9.94. The molecule has 0 bridgehead atoms. The molecule has 3 aromatic rings. The van der Waals surface area contributed by atoms with Crippen LogP contribution >= 0.6 is 11.3 Å². The smallest absolute Gasteiger partial charge is 0.206 e. The molecule has 2 fully saturated rings. The van der Waals surface area contributed by atoms with Crippen LogP contribution in [0.1, 0.15) is 40.9 Å². The highest BCUT2D eigenvalue weighted by atomic mass is 32.1. The second-order valence-electron chi connectivity index (χ2n) is 9.46. The van der Waals surface area contributed by atoms with E-state index in [1.807, 2.05) is 12.1 Å². The molecule has 5 rings (SSSR count). The number of nitrogens with one attached hydrogen (secondary N) is 2. The van der Waals surface area contributed by atoms with Gasteiger partial charge >= 0.3 is 0 Å². The van der Waals surface area contributed by atoms with Crippen LogP contribution < -0.4 is 20.9 Å². The van der Waals surface area contributed by atoms with E-state index >= 15 is 0 Å². The Hall–Kier alpha value is -2.85. The Morgan fingerprint density at radius 3 is 2.51 bits per heavy atom. The number of nitrogens with zero attached hydrogens (tertiary/aromatic N) is 2. The molecular weight excluding hydrogens is 465 g/mol. The number of quaternary nitrogens is 1. The first-order valence-electron chi connectivity index (χ1n) is 12.1. The van der Waals surface area contributed by atoms with Crippen molar-refractivity contribution >= 4 is 39.4 Å². The normalized spacial score (nSPS) is 23.2. The molecule has 0 aliphatic carbocycles. The van der Waals surface area contributed by atoms with E-state index in [2.05, 4.69) is 27.8 Å². The highest BCUT2D eigenvalue weighted by Crippen LogP contribution is 2.36. The number of hydrogen-bond donors (Lipinski definition) is 4. The number of piperidine rings is 2. The Labute approximate surface area is 208 Å².